The van der Waals surface area contributed by atoms with Crippen molar-refractivity contribution >= 4 is 34.5 Å². The standard InChI is InChI=1S/C20H22N4O5S/c1-4-28-19(26)15-13(10-29-18(25)14-11(2)24-30-17(14)21-3)22-20(27)23-16(15)12-8-6-5-7-9-12/h5-9,16,21H,4,10H2,1-3H3,(H2,22,23,27). The van der Waals surface area contributed by atoms with Crippen LogP contribution in [0.15, 0.2) is 41.6 Å². The van der Waals surface area contributed by atoms with Crippen molar-refractivity contribution in [3.8, 4) is 0 Å². The van der Waals surface area contributed by atoms with Crippen LogP contribution in [0.25, 0.3) is 0 Å². The first-order valence-electron chi connectivity index (χ1n) is 9.30. The number of aromatic nitrogens is 1. The third-order valence-corrected chi connectivity index (χ3v) is 5.38. The van der Waals surface area contributed by atoms with Gasteiger partial charge in [0.25, 0.3) is 0 Å². The van der Waals surface area contributed by atoms with Gasteiger partial charge in [0, 0.05) is 7.05 Å². The van der Waals surface area contributed by atoms with E-state index in [-0.39, 0.29) is 24.5 Å². The number of carbonyl (C=O) groups excluding carboxylic acids is 3. The first-order valence-corrected chi connectivity index (χ1v) is 10.1. The van der Waals surface area contributed by atoms with Gasteiger partial charge in [0.15, 0.2) is 0 Å². The Hall–Kier alpha value is -3.40. The first-order chi connectivity index (χ1) is 14.5. The van der Waals surface area contributed by atoms with Crippen molar-refractivity contribution in [1.29, 1.82) is 0 Å². The Bertz CT molecular complexity index is 986. The van der Waals surface area contributed by atoms with E-state index in [1.54, 1.807) is 45.2 Å². The highest BCUT2D eigenvalue weighted by Crippen LogP contribution is 2.29. The molecule has 0 fully saturated rings. The topological polar surface area (TPSA) is 119 Å². The van der Waals surface area contributed by atoms with Crippen molar-refractivity contribution in [2.24, 2.45) is 0 Å². The van der Waals surface area contributed by atoms with Crippen molar-refractivity contribution in [1.82, 2.24) is 15.0 Å². The van der Waals surface area contributed by atoms with E-state index < -0.39 is 24.0 Å². The maximum atomic E-state index is 12.7. The normalized spacial score (nSPS) is 15.8. The monoisotopic (exact) mass is 430 g/mol. The number of hydrogen-bond donors (Lipinski definition) is 3. The number of aryl methyl sites for hydroxylation is 1. The molecule has 30 heavy (non-hydrogen) atoms. The number of amides is 2. The molecule has 2 aromatic rings. The second-order valence-electron chi connectivity index (χ2n) is 6.35. The van der Waals surface area contributed by atoms with Gasteiger partial charge in [-0.2, -0.15) is 4.37 Å². The summed E-state index contributed by atoms with van der Waals surface area (Å²) in [6.07, 6.45) is 0. The number of anilines is 1. The smallest absolute Gasteiger partial charge is 0.343 e. The Balaban J connectivity index is 1.93. The fourth-order valence-electron chi connectivity index (χ4n) is 3.07. The molecular formula is C20H22N4O5S. The molecule has 0 bridgehead atoms. The third kappa shape index (κ3) is 4.43. The Kier molecular flexibility index (Phi) is 6.68. The Labute approximate surface area is 177 Å². The van der Waals surface area contributed by atoms with Gasteiger partial charge in [-0.15, -0.1) is 0 Å². The molecule has 0 aliphatic carbocycles. The molecule has 1 unspecified atom stereocenters. The highest BCUT2D eigenvalue weighted by Gasteiger charge is 2.34. The van der Waals surface area contributed by atoms with Crippen LogP contribution in [0.2, 0.25) is 0 Å². The maximum absolute atomic E-state index is 12.7. The van der Waals surface area contributed by atoms with E-state index >= 15 is 0 Å². The summed E-state index contributed by atoms with van der Waals surface area (Å²) in [5.41, 5.74) is 1.91. The molecule has 0 spiro atoms. The molecule has 1 aliphatic heterocycles. The van der Waals surface area contributed by atoms with E-state index in [0.29, 0.717) is 21.8 Å². The lowest BCUT2D eigenvalue weighted by molar-refractivity contribution is -0.139. The molecule has 1 aromatic carbocycles. The Morgan fingerprint density at radius 2 is 1.93 bits per heavy atom. The number of esters is 2. The van der Waals surface area contributed by atoms with Crippen LogP contribution in [0.3, 0.4) is 0 Å². The Morgan fingerprint density at radius 1 is 1.20 bits per heavy atom. The molecular weight excluding hydrogens is 408 g/mol. The summed E-state index contributed by atoms with van der Waals surface area (Å²) in [5.74, 6) is -1.21. The molecule has 1 atom stereocenters. The van der Waals surface area contributed by atoms with Crippen LogP contribution in [-0.2, 0) is 14.3 Å². The van der Waals surface area contributed by atoms with Crippen LogP contribution in [0.5, 0.6) is 0 Å². The van der Waals surface area contributed by atoms with E-state index in [0.717, 1.165) is 11.5 Å². The number of rotatable bonds is 7. The minimum absolute atomic E-state index is 0.163. The maximum Gasteiger partial charge on any atom is 0.343 e. The zero-order valence-electron chi connectivity index (χ0n) is 16.8. The minimum Gasteiger partial charge on any atom is -0.463 e. The number of urea groups is 1. The lowest BCUT2D eigenvalue weighted by Crippen LogP contribution is -2.47. The molecule has 3 N–H and O–H groups in total. The van der Waals surface area contributed by atoms with Gasteiger partial charge in [0.05, 0.1) is 29.6 Å². The molecule has 0 saturated heterocycles. The van der Waals surface area contributed by atoms with Gasteiger partial charge < -0.3 is 25.4 Å². The van der Waals surface area contributed by atoms with Crippen LogP contribution < -0.4 is 16.0 Å². The number of carbonyl (C=O) groups is 3. The van der Waals surface area contributed by atoms with Crippen LogP contribution in [0, 0.1) is 6.92 Å². The summed E-state index contributed by atoms with van der Waals surface area (Å²) >= 11 is 1.15. The van der Waals surface area contributed by atoms with E-state index in [9.17, 15) is 14.4 Å². The fraction of sp³-hybridized carbons (Fsp3) is 0.300. The van der Waals surface area contributed by atoms with Gasteiger partial charge >= 0.3 is 18.0 Å². The lowest BCUT2D eigenvalue weighted by Gasteiger charge is -2.29. The van der Waals surface area contributed by atoms with Gasteiger partial charge in [-0.3, -0.25) is 0 Å². The van der Waals surface area contributed by atoms with E-state index in [1.165, 1.54) is 0 Å². The minimum atomic E-state index is -0.731. The average Bonchev–Trinajstić information content (AvgIpc) is 3.12. The highest BCUT2D eigenvalue weighted by molar-refractivity contribution is 7.10. The zero-order chi connectivity index (χ0) is 21.7. The van der Waals surface area contributed by atoms with Gasteiger partial charge in [0.2, 0.25) is 0 Å². The fourth-order valence-corrected chi connectivity index (χ4v) is 3.80. The largest absolute Gasteiger partial charge is 0.463 e. The lowest BCUT2D eigenvalue weighted by atomic mass is 9.95. The summed E-state index contributed by atoms with van der Waals surface area (Å²) in [5, 5.41) is 8.78. The van der Waals surface area contributed by atoms with Crippen molar-refractivity contribution in [3.05, 3.63) is 58.4 Å². The van der Waals surface area contributed by atoms with Gasteiger partial charge in [-0.1, -0.05) is 30.3 Å². The zero-order valence-corrected chi connectivity index (χ0v) is 17.6. The quantitative estimate of drug-likeness (QED) is 0.578. The molecule has 0 saturated carbocycles. The van der Waals surface area contributed by atoms with Crippen molar-refractivity contribution in [2.75, 3.05) is 25.6 Å². The first kappa shape index (κ1) is 21.3. The number of benzene rings is 1. The van der Waals surface area contributed by atoms with Crippen LogP contribution in [0.4, 0.5) is 9.80 Å². The summed E-state index contributed by atoms with van der Waals surface area (Å²) in [7, 11) is 1.68. The van der Waals surface area contributed by atoms with E-state index in [4.69, 9.17) is 9.47 Å². The van der Waals surface area contributed by atoms with Crippen LogP contribution in [0.1, 0.15) is 34.6 Å². The molecule has 0 radical (unpaired) electrons. The molecule has 1 aromatic heterocycles. The number of nitrogens with zero attached hydrogens (tertiary/aromatic N) is 1. The molecule has 10 heteroatoms. The Morgan fingerprint density at radius 3 is 2.60 bits per heavy atom. The molecule has 158 valence electrons. The van der Waals surface area contributed by atoms with E-state index in [2.05, 4.69) is 20.3 Å². The summed E-state index contributed by atoms with van der Waals surface area (Å²) in [6, 6.07) is 7.78. The molecule has 1 aliphatic rings. The molecule has 9 nitrogen and oxygen atoms in total. The summed E-state index contributed by atoms with van der Waals surface area (Å²) < 4.78 is 14.8. The second-order valence-corrected chi connectivity index (χ2v) is 7.13. The number of nitrogens with one attached hydrogen (secondary N) is 3. The van der Waals surface area contributed by atoms with Gasteiger partial charge in [0.1, 0.15) is 17.2 Å². The van der Waals surface area contributed by atoms with Gasteiger partial charge in [-0.25, -0.2) is 14.4 Å². The van der Waals surface area contributed by atoms with E-state index in [1.807, 2.05) is 6.07 Å². The molecule has 2 heterocycles. The SMILES string of the molecule is CCOC(=O)C1=C(COC(=O)c2c(C)nsc2NC)NC(=O)NC1c1ccccc1. The van der Waals surface area contributed by atoms with Crippen molar-refractivity contribution in [3.63, 3.8) is 0 Å². The van der Waals surface area contributed by atoms with Crippen LogP contribution >= 0.6 is 11.5 Å². The molecule has 2 amide bonds. The average molecular weight is 430 g/mol. The number of ether oxygens (including phenoxy) is 2. The van der Waals surface area contributed by atoms with Crippen molar-refractivity contribution in [2.45, 2.75) is 19.9 Å². The van der Waals surface area contributed by atoms with Gasteiger partial charge in [-0.05, 0) is 30.9 Å². The number of hydrogen-bond acceptors (Lipinski definition) is 8. The second kappa shape index (κ2) is 9.40. The predicted octanol–water partition coefficient (Wildman–Crippen LogP) is 2.52. The predicted molar refractivity (Wildman–Crippen MR) is 111 cm³/mol. The summed E-state index contributed by atoms with van der Waals surface area (Å²) in [6.45, 7) is 3.25. The summed E-state index contributed by atoms with van der Waals surface area (Å²) in [4.78, 5) is 37.6. The third-order valence-electron chi connectivity index (χ3n) is 4.42. The van der Waals surface area contributed by atoms with Crippen LogP contribution in [-0.4, -0.2) is 42.6 Å². The highest BCUT2D eigenvalue weighted by atomic mass is 32.1. The van der Waals surface area contributed by atoms with Crippen molar-refractivity contribution < 1.29 is 23.9 Å². The molecule has 3 rings (SSSR count).